The third-order valence-corrected chi connectivity index (χ3v) is 4.95. The number of piperazine rings is 1. The normalized spacial score (nSPS) is 16.5. The van der Waals surface area contributed by atoms with Crippen LogP contribution in [0.25, 0.3) is 0 Å². The van der Waals surface area contributed by atoms with Gasteiger partial charge in [-0.15, -0.1) is 0 Å². The van der Waals surface area contributed by atoms with Crippen molar-refractivity contribution in [2.75, 3.05) is 44.7 Å². The highest BCUT2D eigenvalue weighted by Gasteiger charge is 2.22. The average Bonchev–Trinajstić information content (AvgIpc) is 2.52. The predicted molar refractivity (Wildman–Crippen MR) is 88.4 cm³/mol. The van der Waals surface area contributed by atoms with Crippen molar-refractivity contribution in [3.05, 3.63) is 34.2 Å². The Morgan fingerprint density at radius 1 is 1.22 bits per heavy atom. The number of hydrogen-bond acceptors (Lipinski definition) is 5. The van der Waals surface area contributed by atoms with Gasteiger partial charge in [0.2, 0.25) is 0 Å². The van der Waals surface area contributed by atoms with E-state index in [0.717, 1.165) is 0 Å². The van der Waals surface area contributed by atoms with E-state index in [1.165, 1.54) is 12.3 Å². The van der Waals surface area contributed by atoms with Crippen LogP contribution in [0.15, 0.2) is 23.1 Å². The zero-order chi connectivity index (χ0) is 17.0. The van der Waals surface area contributed by atoms with Gasteiger partial charge in [0, 0.05) is 63.4 Å². The highest BCUT2D eigenvalue weighted by Crippen LogP contribution is 2.08. The van der Waals surface area contributed by atoms with Crippen molar-refractivity contribution in [1.29, 1.82) is 0 Å². The fourth-order valence-electron chi connectivity index (χ4n) is 2.55. The monoisotopic (exact) mass is 341 g/mol. The summed E-state index contributed by atoms with van der Waals surface area (Å²) in [5.74, 6) is -0.0102. The van der Waals surface area contributed by atoms with Crippen LogP contribution in [0.3, 0.4) is 0 Å². The quantitative estimate of drug-likeness (QED) is 0.733. The van der Waals surface area contributed by atoms with Crippen molar-refractivity contribution in [3.8, 4) is 0 Å². The van der Waals surface area contributed by atoms with Crippen molar-refractivity contribution in [2.45, 2.75) is 13.5 Å². The second-order valence-electron chi connectivity index (χ2n) is 5.80. The molecule has 1 aliphatic rings. The van der Waals surface area contributed by atoms with Gasteiger partial charge in [-0.3, -0.25) is 14.5 Å². The van der Waals surface area contributed by atoms with Crippen LogP contribution in [0.2, 0.25) is 0 Å². The van der Waals surface area contributed by atoms with Crippen LogP contribution in [0.4, 0.5) is 0 Å². The highest BCUT2D eigenvalue weighted by molar-refractivity contribution is 7.90. The van der Waals surface area contributed by atoms with Gasteiger partial charge in [0.05, 0.1) is 5.75 Å². The maximum absolute atomic E-state index is 12.4. The Labute approximate surface area is 136 Å². The summed E-state index contributed by atoms with van der Waals surface area (Å²) in [6.07, 6.45) is 2.86. The molecular weight excluding hydrogens is 318 g/mol. The van der Waals surface area contributed by atoms with E-state index in [0.29, 0.717) is 44.8 Å². The van der Waals surface area contributed by atoms with E-state index >= 15 is 0 Å². The number of aryl methyl sites for hydroxylation is 1. The molecule has 0 atom stereocenters. The van der Waals surface area contributed by atoms with E-state index in [2.05, 4.69) is 0 Å². The lowest BCUT2D eigenvalue weighted by atomic mass is 10.2. The largest absolute Gasteiger partial charge is 0.336 e. The number of amides is 1. The number of pyridine rings is 1. The summed E-state index contributed by atoms with van der Waals surface area (Å²) in [6, 6.07) is 3.05. The van der Waals surface area contributed by atoms with Gasteiger partial charge < -0.3 is 9.47 Å². The smallest absolute Gasteiger partial charge is 0.254 e. The van der Waals surface area contributed by atoms with Gasteiger partial charge in [0.1, 0.15) is 9.84 Å². The maximum Gasteiger partial charge on any atom is 0.254 e. The molecule has 1 aromatic heterocycles. The Morgan fingerprint density at radius 3 is 2.39 bits per heavy atom. The molecule has 1 aromatic rings. The van der Waals surface area contributed by atoms with Crippen molar-refractivity contribution in [1.82, 2.24) is 14.4 Å². The molecule has 0 saturated carbocycles. The molecule has 0 radical (unpaired) electrons. The third-order valence-electron chi connectivity index (χ3n) is 4.02. The Balaban J connectivity index is 1.93. The molecule has 1 aliphatic heterocycles. The first-order valence-electron chi connectivity index (χ1n) is 7.70. The summed E-state index contributed by atoms with van der Waals surface area (Å²) in [4.78, 5) is 28.0. The van der Waals surface area contributed by atoms with Crippen molar-refractivity contribution < 1.29 is 13.2 Å². The number of hydrogen-bond donors (Lipinski definition) is 0. The first-order chi connectivity index (χ1) is 10.8. The predicted octanol–water partition coefficient (Wildman–Crippen LogP) is -0.329. The van der Waals surface area contributed by atoms with E-state index in [-0.39, 0.29) is 17.2 Å². The molecule has 0 spiro atoms. The molecule has 0 unspecified atom stereocenters. The zero-order valence-electron chi connectivity index (χ0n) is 13.6. The molecule has 1 saturated heterocycles. The summed E-state index contributed by atoms with van der Waals surface area (Å²) in [5.41, 5.74) is 0.231. The van der Waals surface area contributed by atoms with Gasteiger partial charge in [-0.05, 0) is 13.0 Å². The van der Waals surface area contributed by atoms with Crippen LogP contribution < -0.4 is 5.56 Å². The van der Waals surface area contributed by atoms with Crippen molar-refractivity contribution in [2.24, 2.45) is 0 Å². The minimum atomic E-state index is -2.97. The molecule has 128 valence electrons. The molecule has 0 bridgehead atoms. The minimum Gasteiger partial charge on any atom is -0.336 e. The molecule has 2 rings (SSSR count). The Morgan fingerprint density at radius 2 is 1.87 bits per heavy atom. The van der Waals surface area contributed by atoms with E-state index < -0.39 is 9.84 Å². The van der Waals surface area contributed by atoms with Crippen LogP contribution >= 0.6 is 0 Å². The second-order valence-corrected chi connectivity index (χ2v) is 8.06. The van der Waals surface area contributed by atoms with Gasteiger partial charge in [-0.1, -0.05) is 0 Å². The summed E-state index contributed by atoms with van der Waals surface area (Å²) < 4.78 is 23.9. The number of sulfone groups is 1. The van der Waals surface area contributed by atoms with Gasteiger partial charge in [-0.2, -0.15) is 0 Å². The van der Waals surface area contributed by atoms with E-state index in [1.807, 2.05) is 11.8 Å². The van der Waals surface area contributed by atoms with Gasteiger partial charge in [-0.25, -0.2) is 8.42 Å². The van der Waals surface area contributed by atoms with Crippen LogP contribution in [0.1, 0.15) is 17.3 Å². The number of aromatic nitrogens is 1. The van der Waals surface area contributed by atoms with Crippen molar-refractivity contribution >= 4 is 15.7 Å². The SMILES string of the molecule is CCn1ccc(C(=O)N2CCN(CCS(C)(=O)=O)CC2)cc1=O. The fourth-order valence-corrected chi connectivity index (χ4v) is 3.14. The van der Waals surface area contributed by atoms with E-state index in [4.69, 9.17) is 0 Å². The molecule has 7 nitrogen and oxygen atoms in total. The van der Waals surface area contributed by atoms with Gasteiger partial charge in [0.25, 0.3) is 11.5 Å². The second kappa shape index (κ2) is 7.27. The van der Waals surface area contributed by atoms with Crippen LogP contribution in [0, 0.1) is 0 Å². The molecule has 8 heteroatoms. The first kappa shape index (κ1) is 17.7. The number of carbonyl (C=O) groups excluding carboxylic acids is 1. The van der Waals surface area contributed by atoms with Crippen molar-refractivity contribution in [3.63, 3.8) is 0 Å². The third kappa shape index (κ3) is 4.90. The van der Waals surface area contributed by atoms with Crippen LogP contribution in [0.5, 0.6) is 0 Å². The fraction of sp³-hybridized carbons (Fsp3) is 0.600. The van der Waals surface area contributed by atoms with Crippen LogP contribution in [-0.4, -0.2) is 73.4 Å². The molecule has 0 aliphatic carbocycles. The van der Waals surface area contributed by atoms with Gasteiger partial charge >= 0.3 is 0 Å². The lowest BCUT2D eigenvalue weighted by molar-refractivity contribution is 0.0643. The summed E-state index contributed by atoms with van der Waals surface area (Å²) in [6.45, 7) is 5.32. The lowest BCUT2D eigenvalue weighted by Gasteiger charge is -2.34. The summed E-state index contributed by atoms with van der Waals surface area (Å²) in [5, 5.41) is 0. The first-order valence-corrected chi connectivity index (χ1v) is 9.76. The topological polar surface area (TPSA) is 79.7 Å². The molecule has 1 amide bonds. The summed E-state index contributed by atoms with van der Waals surface area (Å²) in [7, 11) is -2.97. The zero-order valence-corrected chi connectivity index (χ0v) is 14.4. The lowest BCUT2D eigenvalue weighted by Crippen LogP contribution is -2.49. The molecular formula is C15H23N3O4S. The van der Waals surface area contributed by atoms with Crippen LogP contribution in [-0.2, 0) is 16.4 Å². The van der Waals surface area contributed by atoms with E-state index in [9.17, 15) is 18.0 Å². The Hall–Kier alpha value is -1.67. The maximum atomic E-state index is 12.4. The molecule has 0 N–H and O–H groups in total. The average molecular weight is 341 g/mol. The number of nitrogens with zero attached hydrogens (tertiary/aromatic N) is 3. The van der Waals surface area contributed by atoms with E-state index in [1.54, 1.807) is 21.7 Å². The minimum absolute atomic E-state index is 0.135. The Kier molecular flexibility index (Phi) is 5.59. The highest BCUT2D eigenvalue weighted by atomic mass is 32.2. The number of rotatable bonds is 5. The summed E-state index contributed by atoms with van der Waals surface area (Å²) >= 11 is 0. The van der Waals surface area contributed by atoms with Gasteiger partial charge in [0.15, 0.2) is 0 Å². The molecule has 0 aromatic carbocycles. The molecule has 2 heterocycles. The Bertz CT molecular complexity index is 718. The molecule has 23 heavy (non-hydrogen) atoms. The number of carbonyl (C=O) groups is 1. The standard InChI is InChI=1S/C15H23N3O4S/c1-3-17-5-4-13(12-14(17)19)15(20)18-8-6-16(7-9-18)10-11-23(2,21)22/h4-5,12H,3,6-11H2,1-2H3. The molecule has 1 fully saturated rings.